The van der Waals surface area contributed by atoms with E-state index in [0.717, 1.165) is 36.7 Å². The first-order chi connectivity index (χ1) is 14.1. The molecular formula is C19H21N7O3. The Morgan fingerprint density at radius 1 is 1.17 bits per heavy atom. The van der Waals surface area contributed by atoms with Gasteiger partial charge in [0.2, 0.25) is 5.91 Å². The number of furan rings is 1. The maximum Gasteiger partial charge on any atom is 0.267 e. The van der Waals surface area contributed by atoms with Gasteiger partial charge in [-0.05, 0) is 25.2 Å². The van der Waals surface area contributed by atoms with Crippen molar-refractivity contribution in [2.75, 3.05) is 43.4 Å². The van der Waals surface area contributed by atoms with Gasteiger partial charge in [0.1, 0.15) is 30.2 Å². The van der Waals surface area contributed by atoms with E-state index in [-0.39, 0.29) is 12.1 Å². The van der Waals surface area contributed by atoms with Crippen LogP contribution in [-0.4, -0.2) is 63.8 Å². The van der Waals surface area contributed by atoms with Gasteiger partial charge in [0.05, 0.1) is 6.26 Å². The van der Waals surface area contributed by atoms with Crippen LogP contribution in [0.1, 0.15) is 0 Å². The number of aromatic nitrogens is 4. The van der Waals surface area contributed by atoms with E-state index in [2.05, 4.69) is 37.2 Å². The molecule has 4 rings (SSSR count). The first-order valence-electron chi connectivity index (χ1n) is 9.26. The maximum atomic E-state index is 12.4. The summed E-state index contributed by atoms with van der Waals surface area (Å²) in [5, 5.41) is 6.91. The van der Waals surface area contributed by atoms with E-state index in [4.69, 9.17) is 4.42 Å². The van der Waals surface area contributed by atoms with Gasteiger partial charge in [-0.15, -0.1) is 0 Å². The molecule has 0 bridgehead atoms. The summed E-state index contributed by atoms with van der Waals surface area (Å²) in [6.45, 7) is 3.39. The third-order valence-electron chi connectivity index (χ3n) is 4.68. The molecule has 1 saturated heterocycles. The molecular weight excluding hydrogens is 374 g/mol. The molecule has 0 aliphatic carbocycles. The fraction of sp³-hybridized carbons (Fsp3) is 0.316. The molecule has 1 aliphatic heterocycles. The van der Waals surface area contributed by atoms with Crippen molar-refractivity contribution in [3.63, 3.8) is 0 Å². The van der Waals surface area contributed by atoms with Gasteiger partial charge in [-0.2, -0.15) is 5.10 Å². The topological polar surface area (TPSA) is 109 Å². The van der Waals surface area contributed by atoms with Gasteiger partial charge in [-0.1, -0.05) is 0 Å². The van der Waals surface area contributed by atoms with Gasteiger partial charge in [0, 0.05) is 38.3 Å². The molecule has 150 valence electrons. The smallest absolute Gasteiger partial charge is 0.267 e. The number of rotatable bonds is 5. The Morgan fingerprint density at radius 3 is 2.76 bits per heavy atom. The monoisotopic (exact) mass is 395 g/mol. The lowest BCUT2D eigenvalue weighted by atomic mass is 10.3. The van der Waals surface area contributed by atoms with Crippen LogP contribution in [-0.2, 0) is 11.3 Å². The Bertz CT molecular complexity index is 1040. The van der Waals surface area contributed by atoms with Crippen LogP contribution in [0.5, 0.6) is 0 Å². The molecule has 29 heavy (non-hydrogen) atoms. The third kappa shape index (κ3) is 4.49. The van der Waals surface area contributed by atoms with Gasteiger partial charge in [-0.25, -0.2) is 14.6 Å². The van der Waals surface area contributed by atoms with Crippen LogP contribution in [0, 0.1) is 0 Å². The number of likely N-dealkylation sites (N-methyl/N-ethyl adjacent to an activating group) is 1. The van der Waals surface area contributed by atoms with Crippen molar-refractivity contribution in [3.8, 4) is 11.5 Å². The first-order valence-corrected chi connectivity index (χ1v) is 9.26. The highest BCUT2D eigenvalue weighted by atomic mass is 16.3. The third-order valence-corrected chi connectivity index (χ3v) is 4.68. The van der Waals surface area contributed by atoms with Gasteiger partial charge in [-0.3, -0.25) is 9.59 Å². The van der Waals surface area contributed by atoms with Crippen molar-refractivity contribution in [2.45, 2.75) is 6.54 Å². The first kappa shape index (κ1) is 18.8. The largest absolute Gasteiger partial charge is 0.463 e. The summed E-state index contributed by atoms with van der Waals surface area (Å²) in [5.74, 6) is 1.26. The van der Waals surface area contributed by atoms with Crippen molar-refractivity contribution >= 4 is 17.5 Å². The van der Waals surface area contributed by atoms with E-state index in [1.807, 2.05) is 0 Å². The second kappa shape index (κ2) is 8.23. The molecule has 1 amide bonds. The molecule has 10 heteroatoms. The van der Waals surface area contributed by atoms with E-state index in [1.54, 1.807) is 24.3 Å². The predicted molar refractivity (Wildman–Crippen MR) is 107 cm³/mol. The second-order valence-electron chi connectivity index (χ2n) is 6.79. The zero-order valence-electron chi connectivity index (χ0n) is 16.0. The van der Waals surface area contributed by atoms with Crippen LogP contribution in [0.25, 0.3) is 11.5 Å². The van der Waals surface area contributed by atoms with Gasteiger partial charge >= 0.3 is 0 Å². The molecule has 10 nitrogen and oxygen atoms in total. The van der Waals surface area contributed by atoms with Crippen LogP contribution in [0.3, 0.4) is 0 Å². The molecule has 1 N–H and O–H groups in total. The van der Waals surface area contributed by atoms with E-state index >= 15 is 0 Å². The average Bonchev–Trinajstić information content (AvgIpc) is 3.25. The standard InChI is InChI=1S/C19H21N7O3/c1-24-6-8-25(9-7-24)17-11-16(20-13-21-17)22-18(27)12-26-19(28)5-4-14(23-26)15-3-2-10-29-15/h2-5,10-11,13H,6-9,12H2,1H3,(H,20,21,22,27). The average molecular weight is 395 g/mol. The summed E-state index contributed by atoms with van der Waals surface area (Å²) in [6.07, 6.45) is 2.94. The van der Waals surface area contributed by atoms with Crippen molar-refractivity contribution in [1.82, 2.24) is 24.6 Å². The van der Waals surface area contributed by atoms with Crippen LogP contribution in [0.2, 0.25) is 0 Å². The molecule has 0 saturated carbocycles. The number of hydrogen-bond acceptors (Lipinski definition) is 8. The number of hydrogen-bond donors (Lipinski definition) is 1. The minimum Gasteiger partial charge on any atom is -0.463 e. The van der Waals surface area contributed by atoms with Crippen LogP contribution in [0.4, 0.5) is 11.6 Å². The van der Waals surface area contributed by atoms with Crippen molar-refractivity contribution in [1.29, 1.82) is 0 Å². The van der Waals surface area contributed by atoms with Crippen LogP contribution >= 0.6 is 0 Å². The van der Waals surface area contributed by atoms with E-state index in [0.29, 0.717) is 17.3 Å². The Hall–Kier alpha value is -3.53. The molecule has 0 unspecified atom stereocenters. The lowest BCUT2D eigenvalue weighted by Crippen LogP contribution is -2.44. The summed E-state index contributed by atoms with van der Waals surface area (Å²) in [6, 6.07) is 8.11. The number of carbonyl (C=O) groups is 1. The van der Waals surface area contributed by atoms with Crippen LogP contribution < -0.4 is 15.8 Å². The Balaban J connectivity index is 1.44. The molecule has 3 aromatic rings. The lowest BCUT2D eigenvalue weighted by molar-refractivity contribution is -0.117. The van der Waals surface area contributed by atoms with E-state index in [9.17, 15) is 9.59 Å². The minimum atomic E-state index is -0.403. The zero-order chi connectivity index (χ0) is 20.2. The molecule has 0 aromatic carbocycles. The molecule has 0 atom stereocenters. The summed E-state index contributed by atoms with van der Waals surface area (Å²) in [7, 11) is 2.08. The Kier molecular flexibility index (Phi) is 5.34. The molecule has 0 radical (unpaired) electrons. The van der Waals surface area contributed by atoms with Crippen molar-refractivity contribution < 1.29 is 9.21 Å². The number of anilines is 2. The number of nitrogens with one attached hydrogen (secondary N) is 1. The summed E-state index contributed by atoms with van der Waals surface area (Å²) >= 11 is 0. The van der Waals surface area contributed by atoms with E-state index in [1.165, 1.54) is 18.7 Å². The molecule has 3 aromatic heterocycles. The fourth-order valence-electron chi connectivity index (χ4n) is 3.06. The highest BCUT2D eigenvalue weighted by Gasteiger charge is 2.16. The normalized spacial score (nSPS) is 14.7. The number of carbonyl (C=O) groups excluding carboxylic acids is 1. The number of nitrogens with zero attached hydrogens (tertiary/aromatic N) is 6. The summed E-state index contributed by atoms with van der Waals surface area (Å²) in [4.78, 5) is 37.3. The summed E-state index contributed by atoms with van der Waals surface area (Å²) < 4.78 is 6.38. The molecule has 0 spiro atoms. The fourth-order valence-corrected chi connectivity index (χ4v) is 3.06. The van der Waals surface area contributed by atoms with Crippen molar-refractivity contribution in [2.24, 2.45) is 0 Å². The Labute approximate surface area is 166 Å². The lowest BCUT2D eigenvalue weighted by Gasteiger charge is -2.33. The second-order valence-corrected chi connectivity index (χ2v) is 6.79. The number of amides is 1. The maximum absolute atomic E-state index is 12.4. The quantitative estimate of drug-likeness (QED) is 0.672. The van der Waals surface area contributed by atoms with E-state index < -0.39 is 5.91 Å². The summed E-state index contributed by atoms with van der Waals surface area (Å²) in [5.41, 5.74) is 0.0954. The minimum absolute atomic E-state index is 0.235. The zero-order valence-corrected chi connectivity index (χ0v) is 16.0. The predicted octanol–water partition coefficient (Wildman–Crippen LogP) is 0.684. The molecule has 1 aliphatic rings. The highest BCUT2D eigenvalue weighted by molar-refractivity contribution is 5.89. The SMILES string of the molecule is CN1CCN(c2cc(NC(=O)Cn3nc(-c4ccco4)ccc3=O)ncn2)CC1. The van der Waals surface area contributed by atoms with Crippen molar-refractivity contribution in [3.05, 3.63) is 53.3 Å². The molecule has 1 fully saturated rings. The van der Waals surface area contributed by atoms with Crippen LogP contribution in [0.15, 0.2) is 52.1 Å². The van der Waals surface area contributed by atoms with Gasteiger partial charge < -0.3 is 19.5 Å². The highest BCUT2D eigenvalue weighted by Crippen LogP contribution is 2.16. The number of piperazine rings is 1. The van der Waals surface area contributed by atoms with Gasteiger partial charge in [0.15, 0.2) is 5.76 Å². The van der Waals surface area contributed by atoms with Gasteiger partial charge in [0.25, 0.3) is 5.56 Å². The molecule has 4 heterocycles. The Morgan fingerprint density at radius 2 is 2.00 bits per heavy atom.